The fraction of sp³-hybridized carbons (Fsp3) is 0.188. The maximum absolute atomic E-state index is 13.2. The maximum atomic E-state index is 13.2. The second kappa shape index (κ2) is 6.40. The lowest BCUT2D eigenvalue weighted by Gasteiger charge is -2.21. The van der Waals surface area contributed by atoms with Crippen LogP contribution < -0.4 is 4.90 Å². The molecular weight excluding hydrogens is 275 g/mol. The summed E-state index contributed by atoms with van der Waals surface area (Å²) in [6, 6.07) is 14.2. The zero-order chi connectivity index (χ0) is 14.5. The van der Waals surface area contributed by atoms with Gasteiger partial charge < -0.3 is 4.90 Å². The molecule has 0 atom stereocenters. The number of alkyl halides is 1. The van der Waals surface area contributed by atoms with Crippen LogP contribution in [-0.4, -0.2) is 7.05 Å². The molecule has 0 fully saturated rings. The average Bonchev–Trinajstić information content (AvgIpc) is 2.46. The van der Waals surface area contributed by atoms with Gasteiger partial charge in [0.25, 0.3) is 0 Å². The molecule has 0 unspecified atom stereocenters. The van der Waals surface area contributed by atoms with Crippen molar-refractivity contribution < 1.29 is 4.39 Å². The van der Waals surface area contributed by atoms with Crippen molar-refractivity contribution in [2.24, 2.45) is 0 Å². The molecule has 0 aliphatic heterocycles. The summed E-state index contributed by atoms with van der Waals surface area (Å²) in [4.78, 5) is 1.92. The van der Waals surface area contributed by atoms with Gasteiger partial charge in [-0.25, -0.2) is 4.39 Å². The van der Waals surface area contributed by atoms with Gasteiger partial charge in [-0.3, -0.25) is 0 Å². The molecule has 0 spiro atoms. The lowest BCUT2D eigenvalue weighted by Crippen LogP contribution is -2.17. The summed E-state index contributed by atoms with van der Waals surface area (Å²) in [6.07, 6.45) is 0. The SMILES string of the molecule is CN(Cc1cccc(F)c1)c1ccc(CCl)cc1C#N. The van der Waals surface area contributed by atoms with Gasteiger partial charge in [-0.2, -0.15) is 5.26 Å². The van der Waals surface area contributed by atoms with E-state index in [4.69, 9.17) is 11.6 Å². The van der Waals surface area contributed by atoms with E-state index >= 15 is 0 Å². The Kier molecular flexibility index (Phi) is 4.60. The predicted octanol–water partition coefficient (Wildman–Crippen LogP) is 4.07. The van der Waals surface area contributed by atoms with Gasteiger partial charge in [0.05, 0.1) is 11.3 Å². The van der Waals surface area contributed by atoms with Crippen LogP contribution in [0, 0.1) is 17.1 Å². The van der Waals surface area contributed by atoms with E-state index in [1.807, 2.05) is 30.1 Å². The van der Waals surface area contributed by atoms with Crippen LogP contribution in [0.4, 0.5) is 10.1 Å². The van der Waals surface area contributed by atoms with Crippen molar-refractivity contribution in [1.82, 2.24) is 0 Å². The standard InChI is InChI=1S/C16H14ClFN2/c1-20(11-13-3-2-4-15(18)8-13)16-6-5-12(9-17)7-14(16)10-19/h2-8H,9,11H2,1H3. The Balaban J connectivity index is 2.25. The van der Waals surface area contributed by atoms with Crippen LogP contribution in [0.15, 0.2) is 42.5 Å². The van der Waals surface area contributed by atoms with E-state index < -0.39 is 0 Å². The second-order valence-electron chi connectivity index (χ2n) is 4.58. The zero-order valence-corrected chi connectivity index (χ0v) is 11.9. The van der Waals surface area contributed by atoms with E-state index in [0.29, 0.717) is 18.0 Å². The molecule has 0 bridgehead atoms. The predicted molar refractivity (Wildman–Crippen MR) is 79.2 cm³/mol. The lowest BCUT2D eigenvalue weighted by molar-refractivity contribution is 0.625. The molecule has 0 amide bonds. The van der Waals surface area contributed by atoms with Crippen molar-refractivity contribution in [3.8, 4) is 6.07 Å². The third-order valence-electron chi connectivity index (χ3n) is 3.06. The van der Waals surface area contributed by atoms with E-state index in [0.717, 1.165) is 16.8 Å². The Bertz CT molecular complexity index is 649. The van der Waals surface area contributed by atoms with Crippen LogP contribution in [0.3, 0.4) is 0 Å². The van der Waals surface area contributed by atoms with Crippen LogP contribution in [0.1, 0.15) is 16.7 Å². The molecule has 102 valence electrons. The minimum atomic E-state index is -0.256. The van der Waals surface area contributed by atoms with Crippen molar-refractivity contribution in [1.29, 1.82) is 5.26 Å². The van der Waals surface area contributed by atoms with Gasteiger partial charge in [-0.05, 0) is 35.4 Å². The molecule has 0 aromatic heterocycles. The van der Waals surface area contributed by atoms with Gasteiger partial charge in [-0.15, -0.1) is 11.6 Å². The smallest absolute Gasteiger partial charge is 0.123 e. The Morgan fingerprint density at radius 1 is 1.20 bits per heavy atom. The van der Waals surface area contributed by atoms with Gasteiger partial charge >= 0.3 is 0 Å². The first-order chi connectivity index (χ1) is 9.63. The molecule has 0 N–H and O–H groups in total. The molecule has 2 nitrogen and oxygen atoms in total. The van der Waals surface area contributed by atoms with Crippen LogP contribution in [0.5, 0.6) is 0 Å². The third-order valence-corrected chi connectivity index (χ3v) is 3.36. The Morgan fingerprint density at radius 3 is 2.65 bits per heavy atom. The average molecular weight is 289 g/mol. The maximum Gasteiger partial charge on any atom is 0.123 e. The summed E-state index contributed by atoms with van der Waals surface area (Å²) < 4.78 is 13.2. The Morgan fingerprint density at radius 2 is 2.00 bits per heavy atom. The first-order valence-electron chi connectivity index (χ1n) is 6.18. The summed E-state index contributed by atoms with van der Waals surface area (Å²) in [5.74, 6) is 0.122. The zero-order valence-electron chi connectivity index (χ0n) is 11.1. The normalized spacial score (nSPS) is 10.1. The summed E-state index contributed by atoms with van der Waals surface area (Å²) in [7, 11) is 1.88. The van der Waals surface area contributed by atoms with E-state index in [2.05, 4.69) is 6.07 Å². The van der Waals surface area contributed by atoms with Crippen LogP contribution in [0.2, 0.25) is 0 Å². The number of halogens is 2. The minimum absolute atomic E-state index is 0.256. The van der Waals surface area contributed by atoms with Crippen LogP contribution in [0.25, 0.3) is 0 Å². The highest BCUT2D eigenvalue weighted by atomic mass is 35.5. The third kappa shape index (κ3) is 3.28. The number of anilines is 1. The second-order valence-corrected chi connectivity index (χ2v) is 4.85. The van der Waals surface area contributed by atoms with Crippen LogP contribution >= 0.6 is 11.6 Å². The quantitative estimate of drug-likeness (QED) is 0.793. The van der Waals surface area contributed by atoms with Crippen molar-refractivity contribution in [3.05, 3.63) is 65.0 Å². The summed E-state index contributed by atoms with van der Waals surface area (Å²) in [5.41, 5.74) is 3.15. The van der Waals surface area contributed by atoms with Gasteiger partial charge in [0.15, 0.2) is 0 Å². The largest absolute Gasteiger partial charge is 0.369 e. The Hall–Kier alpha value is -2.05. The number of nitriles is 1. The highest BCUT2D eigenvalue weighted by molar-refractivity contribution is 6.17. The molecule has 4 heteroatoms. The summed E-state index contributed by atoms with van der Waals surface area (Å²) >= 11 is 5.77. The number of hydrogen-bond acceptors (Lipinski definition) is 2. The van der Waals surface area contributed by atoms with Gasteiger partial charge in [0.2, 0.25) is 0 Å². The van der Waals surface area contributed by atoms with E-state index in [-0.39, 0.29) is 5.82 Å². The lowest BCUT2D eigenvalue weighted by atomic mass is 10.1. The highest BCUT2D eigenvalue weighted by Gasteiger charge is 2.09. The highest BCUT2D eigenvalue weighted by Crippen LogP contribution is 2.23. The van der Waals surface area contributed by atoms with Gasteiger partial charge in [-0.1, -0.05) is 18.2 Å². The van der Waals surface area contributed by atoms with Crippen LogP contribution in [-0.2, 0) is 12.4 Å². The van der Waals surface area contributed by atoms with Gasteiger partial charge in [0, 0.05) is 19.5 Å². The Labute approximate surface area is 123 Å². The molecule has 2 aromatic carbocycles. The molecular formula is C16H14ClFN2. The van der Waals surface area contributed by atoms with Crippen molar-refractivity contribution in [2.45, 2.75) is 12.4 Å². The number of hydrogen-bond donors (Lipinski definition) is 0. The van der Waals surface area contributed by atoms with E-state index in [1.54, 1.807) is 12.1 Å². The first kappa shape index (κ1) is 14.4. The van der Waals surface area contributed by atoms with E-state index in [9.17, 15) is 9.65 Å². The number of benzene rings is 2. The molecule has 0 saturated carbocycles. The topological polar surface area (TPSA) is 27.0 Å². The van der Waals surface area contributed by atoms with Crippen molar-refractivity contribution >= 4 is 17.3 Å². The molecule has 2 aromatic rings. The molecule has 0 heterocycles. The molecule has 0 radical (unpaired) electrons. The fourth-order valence-electron chi connectivity index (χ4n) is 2.08. The molecule has 0 saturated heterocycles. The monoisotopic (exact) mass is 288 g/mol. The summed E-state index contributed by atoms with van der Waals surface area (Å²) in [6.45, 7) is 0.534. The molecule has 20 heavy (non-hydrogen) atoms. The number of rotatable bonds is 4. The molecule has 0 aliphatic rings. The number of nitrogens with zero attached hydrogens (tertiary/aromatic N) is 2. The minimum Gasteiger partial charge on any atom is -0.369 e. The van der Waals surface area contributed by atoms with Gasteiger partial charge in [0.1, 0.15) is 11.9 Å². The van der Waals surface area contributed by atoms with E-state index in [1.165, 1.54) is 12.1 Å². The van der Waals surface area contributed by atoms with Crippen molar-refractivity contribution in [2.75, 3.05) is 11.9 Å². The summed E-state index contributed by atoms with van der Waals surface area (Å²) in [5, 5.41) is 9.22. The fourth-order valence-corrected chi connectivity index (χ4v) is 2.25. The van der Waals surface area contributed by atoms with Crippen molar-refractivity contribution in [3.63, 3.8) is 0 Å². The molecule has 0 aliphatic carbocycles. The first-order valence-corrected chi connectivity index (χ1v) is 6.72. The molecule has 2 rings (SSSR count).